The molecule has 0 bridgehead atoms. The Labute approximate surface area is 130 Å². The summed E-state index contributed by atoms with van der Waals surface area (Å²) in [5, 5.41) is 21.7. The molecule has 0 radical (unpaired) electrons. The molecule has 2 unspecified atom stereocenters. The highest BCUT2D eigenvalue weighted by Gasteiger charge is 2.25. The topological polar surface area (TPSA) is 82.0 Å². The van der Waals surface area contributed by atoms with Crippen molar-refractivity contribution in [3.8, 4) is 0 Å². The highest BCUT2D eigenvalue weighted by molar-refractivity contribution is 5.85. The number of hydrogen-bond donors (Lipinski definition) is 3. The third kappa shape index (κ3) is 5.51. The lowest BCUT2D eigenvalue weighted by atomic mass is 10.0. The van der Waals surface area contributed by atoms with Gasteiger partial charge in [0, 0.05) is 19.6 Å². The van der Waals surface area contributed by atoms with E-state index in [4.69, 9.17) is 9.84 Å². The van der Waals surface area contributed by atoms with Crippen molar-refractivity contribution in [2.75, 3.05) is 32.8 Å². The number of benzene rings is 1. The van der Waals surface area contributed by atoms with Gasteiger partial charge in [0.2, 0.25) is 0 Å². The highest BCUT2D eigenvalue weighted by Crippen LogP contribution is 2.17. The number of rotatable bonds is 5. The Bertz CT molecular complexity index is 426. The summed E-state index contributed by atoms with van der Waals surface area (Å²) in [5.74, 6) is 0. The number of carbonyl (C=O) groups is 1. The van der Waals surface area contributed by atoms with Crippen LogP contribution < -0.4 is 5.32 Å². The number of aliphatic hydroxyl groups excluding tert-OH is 1. The van der Waals surface area contributed by atoms with E-state index in [1.807, 2.05) is 18.2 Å². The molecular weight excluding hydrogens is 296 g/mol. The van der Waals surface area contributed by atoms with Crippen molar-refractivity contribution < 1.29 is 19.7 Å². The molecule has 0 aliphatic carbocycles. The van der Waals surface area contributed by atoms with Crippen LogP contribution in [0.2, 0.25) is 0 Å². The van der Waals surface area contributed by atoms with Crippen LogP contribution in [0.5, 0.6) is 0 Å². The highest BCUT2D eigenvalue weighted by atomic mass is 35.5. The van der Waals surface area contributed by atoms with Crippen LogP contribution in [0, 0.1) is 0 Å². The standard InChI is InChI=1S/C14H20N2O4.ClH/c17-13(11-4-2-1-3-5-11)12(15-14(18)19)10-16-6-8-20-9-7-16;/h1-5,12-13,15,17H,6-10H2,(H,18,19);1H. The zero-order chi connectivity index (χ0) is 14.4. The number of halogens is 1. The third-order valence-electron chi connectivity index (χ3n) is 3.39. The van der Waals surface area contributed by atoms with Crippen LogP contribution in [0.4, 0.5) is 4.79 Å². The summed E-state index contributed by atoms with van der Waals surface area (Å²) in [5.41, 5.74) is 0.708. The minimum atomic E-state index is -1.13. The lowest BCUT2D eigenvalue weighted by Crippen LogP contribution is -2.49. The largest absolute Gasteiger partial charge is 0.465 e. The summed E-state index contributed by atoms with van der Waals surface area (Å²) in [7, 11) is 0. The zero-order valence-electron chi connectivity index (χ0n) is 11.6. The van der Waals surface area contributed by atoms with Gasteiger partial charge in [-0.25, -0.2) is 4.79 Å². The Kier molecular flexibility index (Phi) is 7.45. The lowest BCUT2D eigenvalue weighted by Gasteiger charge is -2.32. The number of aliphatic hydroxyl groups is 1. The molecule has 6 nitrogen and oxygen atoms in total. The summed E-state index contributed by atoms with van der Waals surface area (Å²) in [6.07, 6.45) is -1.99. The van der Waals surface area contributed by atoms with E-state index in [1.54, 1.807) is 12.1 Å². The maximum atomic E-state index is 10.9. The SMILES string of the molecule is Cl.O=C(O)NC(CN1CCOCC1)C(O)c1ccccc1. The molecule has 1 aromatic rings. The Morgan fingerprint density at radius 1 is 1.29 bits per heavy atom. The molecule has 0 saturated carbocycles. The zero-order valence-corrected chi connectivity index (χ0v) is 12.5. The predicted octanol–water partition coefficient (Wildman–Crippen LogP) is 1.11. The van der Waals surface area contributed by atoms with Gasteiger partial charge in [-0.1, -0.05) is 30.3 Å². The van der Waals surface area contributed by atoms with Crippen LogP contribution in [-0.2, 0) is 4.74 Å². The van der Waals surface area contributed by atoms with Gasteiger partial charge in [0.15, 0.2) is 0 Å². The second-order valence-electron chi connectivity index (χ2n) is 4.82. The minimum Gasteiger partial charge on any atom is -0.465 e. The van der Waals surface area contributed by atoms with Crippen molar-refractivity contribution in [2.45, 2.75) is 12.1 Å². The molecule has 0 spiro atoms. The van der Waals surface area contributed by atoms with E-state index in [-0.39, 0.29) is 12.4 Å². The van der Waals surface area contributed by atoms with E-state index in [2.05, 4.69) is 10.2 Å². The second-order valence-corrected chi connectivity index (χ2v) is 4.82. The number of morpholine rings is 1. The molecule has 1 saturated heterocycles. The molecule has 118 valence electrons. The van der Waals surface area contributed by atoms with Crippen molar-refractivity contribution in [3.63, 3.8) is 0 Å². The molecule has 2 atom stereocenters. The average Bonchev–Trinajstić information content (AvgIpc) is 2.47. The van der Waals surface area contributed by atoms with E-state index >= 15 is 0 Å². The van der Waals surface area contributed by atoms with Crippen molar-refractivity contribution in [3.05, 3.63) is 35.9 Å². The molecule has 0 aromatic heterocycles. The summed E-state index contributed by atoms with van der Waals surface area (Å²) in [6.45, 7) is 3.24. The number of ether oxygens (including phenoxy) is 1. The maximum Gasteiger partial charge on any atom is 0.405 e. The summed E-state index contributed by atoms with van der Waals surface area (Å²) < 4.78 is 5.27. The number of carboxylic acid groups (broad SMARTS) is 1. The van der Waals surface area contributed by atoms with E-state index in [1.165, 1.54) is 0 Å². The first-order chi connectivity index (χ1) is 9.66. The quantitative estimate of drug-likeness (QED) is 0.758. The molecule has 3 N–H and O–H groups in total. The van der Waals surface area contributed by atoms with Gasteiger partial charge in [0.25, 0.3) is 0 Å². The van der Waals surface area contributed by atoms with Crippen LogP contribution >= 0.6 is 12.4 Å². The Morgan fingerprint density at radius 3 is 2.48 bits per heavy atom. The minimum absolute atomic E-state index is 0. The third-order valence-corrected chi connectivity index (χ3v) is 3.39. The van der Waals surface area contributed by atoms with E-state index in [0.29, 0.717) is 25.3 Å². The van der Waals surface area contributed by atoms with Crippen LogP contribution in [0.25, 0.3) is 0 Å². The Hall–Kier alpha value is -1.34. The summed E-state index contributed by atoms with van der Waals surface area (Å²) >= 11 is 0. The predicted molar refractivity (Wildman–Crippen MR) is 80.9 cm³/mol. The molecule has 1 aromatic carbocycles. The number of nitrogens with zero attached hydrogens (tertiary/aromatic N) is 1. The molecule has 1 aliphatic heterocycles. The van der Waals surface area contributed by atoms with Gasteiger partial charge in [-0.2, -0.15) is 0 Å². The second kappa shape index (κ2) is 8.84. The smallest absolute Gasteiger partial charge is 0.405 e. The number of amides is 1. The summed E-state index contributed by atoms with van der Waals surface area (Å²) in [6, 6.07) is 8.53. The van der Waals surface area contributed by atoms with Crippen molar-refractivity contribution in [1.82, 2.24) is 10.2 Å². The molecular formula is C14H21ClN2O4. The monoisotopic (exact) mass is 316 g/mol. The van der Waals surface area contributed by atoms with Gasteiger partial charge in [-0.15, -0.1) is 12.4 Å². The molecule has 1 heterocycles. The fourth-order valence-electron chi connectivity index (χ4n) is 2.33. The van der Waals surface area contributed by atoms with Gasteiger partial charge in [0.05, 0.1) is 19.3 Å². The van der Waals surface area contributed by atoms with Gasteiger partial charge in [-0.3, -0.25) is 4.90 Å². The first-order valence-corrected chi connectivity index (χ1v) is 6.69. The first-order valence-electron chi connectivity index (χ1n) is 6.69. The molecule has 2 rings (SSSR count). The maximum absolute atomic E-state index is 10.9. The summed E-state index contributed by atoms with van der Waals surface area (Å²) in [4.78, 5) is 13.0. The fraction of sp³-hybridized carbons (Fsp3) is 0.500. The van der Waals surface area contributed by atoms with Gasteiger partial charge >= 0.3 is 6.09 Å². The average molecular weight is 317 g/mol. The van der Waals surface area contributed by atoms with Crippen LogP contribution in [0.15, 0.2) is 30.3 Å². The van der Waals surface area contributed by atoms with Gasteiger partial charge < -0.3 is 20.3 Å². The fourth-order valence-corrected chi connectivity index (χ4v) is 2.33. The van der Waals surface area contributed by atoms with Crippen LogP contribution in [0.3, 0.4) is 0 Å². The molecule has 1 amide bonds. The molecule has 7 heteroatoms. The van der Waals surface area contributed by atoms with Crippen molar-refractivity contribution >= 4 is 18.5 Å². The van der Waals surface area contributed by atoms with E-state index in [0.717, 1.165) is 13.1 Å². The first kappa shape index (κ1) is 17.7. The van der Waals surface area contributed by atoms with Gasteiger partial charge in [0.1, 0.15) is 6.10 Å². The van der Waals surface area contributed by atoms with Crippen molar-refractivity contribution in [1.29, 1.82) is 0 Å². The molecule has 1 aliphatic rings. The van der Waals surface area contributed by atoms with E-state index < -0.39 is 18.2 Å². The lowest BCUT2D eigenvalue weighted by molar-refractivity contribution is 0.0206. The Morgan fingerprint density at radius 2 is 1.90 bits per heavy atom. The number of hydrogen-bond acceptors (Lipinski definition) is 4. The number of nitrogens with one attached hydrogen (secondary N) is 1. The van der Waals surface area contributed by atoms with Crippen LogP contribution in [0.1, 0.15) is 11.7 Å². The van der Waals surface area contributed by atoms with Crippen molar-refractivity contribution in [2.24, 2.45) is 0 Å². The normalized spacial score (nSPS) is 18.3. The molecule has 21 heavy (non-hydrogen) atoms. The van der Waals surface area contributed by atoms with Crippen LogP contribution in [-0.4, -0.2) is 60.1 Å². The molecule has 1 fully saturated rings. The van der Waals surface area contributed by atoms with Gasteiger partial charge in [-0.05, 0) is 5.56 Å². The Balaban J connectivity index is 0.00000220. The van der Waals surface area contributed by atoms with E-state index in [9.17, 15) is 9.90 Å².